The van der Waals surface area contributed by atoms with Crippen LogP contribution in [0.15, 0.2) is 47.4 Å². The number of rotatable bonds is 7. The van der Waals surface area contributed by atoms with Crippen LogP contribution in [-0.2, 0) is 21.0 Å². The highest BCUT2D eigenvalue weighted by Crippen LogP contribution is 2.30. The van der Waals surface area contributed by atoms with Crippen LogP contribution < -0.4 is 15.4 Å². The van der Waals surface area contributed by atoms with E-state index >= 15 is 0 Å². The van der Waals surface area contributed by atoms with Crippen LogP contribution >= 0.6 is 0 Å². The summed E-state index contributed by atoms with van der Waals surface area (Å²) in [5.41, 5.74) is 0.133. The zero-order valence-corrected chi connectivity index (χ0v) is 16.9. The highest BCUT2D eigenvalue weighted by Gasteiger charge is 2.31. The molecule has 2 amide bonds. The molecule has 7 nitrogen and oxygen atoms in total. The first-order valence-electron chi connectivity index (χ1n) is 8.79. The first-order valence-corrected chi connectivity index (χ1v) is 10.3. The molecule has 0 radical (unpaired) electrons. The van der Waals surface area contributed by atoms with E-state index in [2.05, 4.69) is 10.6 Å². The lowest BCUT2D eigenvalue weighted by Gasteiger charge is -2.12. The number of halogens is 3. The molecular formula is C19H20F3N3O4S. The number of anilines is 1. The van der Waals surface area contributed by atoms with E-state index in [-0.39, 0.29) is 5.91 Å². The van der Waals surface area contributed by atoms with Gasteiger partial charge in [0.15, 0.2) is 0 Å². The smallest absolute Gasteiger partial charge is 0.352 e. The molecule has 0 aliphatic carbocycles. The fourth-order valence-electron chi connectivity index (χ4n) is 2.44. The molecule has 0 saturated carbocycles. The number of amides is 2. The van der Waals surface area contributed by atoms with Gasteiger partial charge in [-0.05, 0) is 49.7 Å². The zero-order chi connectivity index (χ0) is 22.5. The van der Waals surface area contributed by atoms with Gasteiger partial charge < -0.3 is 10.6 Å². The van der Waals surface area contributed by atoms with Crippen LogP contribution in [0.2, 0.25) is 0 Å². The number of alkyl halides is 3. The van der Waals surface area contributed by atoms with Crippen LogP contribution in [0.25, 0.3) is 0 Å². The van der Waals surface area contributed by atoms with Crippen LogP contribution in [0.5, 0.6) is 0 Å². The second-order valence-corrected chi connectivity index (χ2v) is 8.05. The van der Waals surface area contributed by atoms with E-state index in [9.17, 15) is 31.2 Å². The molecule has 2 rings (SSSR count). The summed E-state index contributed by atoms with van der Waals surface area (Å²) in [7, 11) is -4.34. The molecule has 0 aromatic heterocycles. The number of hydrogen-bond acceptors (Lipinski definition) is 4. The Labute approximate surface area is 171 Å². The number of aryl methyl sites for hydroxylation is 1. The molecule has 0 spiro atoms. The standard InChI is InChI=1S/C19H20F3N3O4S/c1-3-23-18(27)13-8-7-12(2)16(9-13)25-17(26)11-24-30(28,29)15-6-4-5-14(10-15)19(20,21)22/h4-10,24H,3,11H2,1-2H3,(H,23,27)(H,25,26). The minimum atomic E-state index is -4.70. The van der Waals surface area contributed by atoms with Gasteiger partial charge in [0.2, 0.25) is 15.9 Å². The summed E-state index contributed by atoms with van der Waals surface area (Å²) >= 11 is 0. The number of hydrogen-bond donors (Lipinski definition) is 3. The lowest BCUT2D eigenvalue weighted by atomic mass is 10.1. The van der Waals surface area contributed by atoms with Crippen molar-refractivity contribution in [3.8, 4) is 0 Å². The highest BCUT2D eigenvalue weighted by molar-refractivity contribution is 7.89. The molecule has 2 aromatic rings. The van der Waals surface area contributed by atoms with Gasteiger partial charge in [0, 0.05) is 17.8 Å². The molecular weight excluding hydrogens is 423 g/mol. The van der Waals surface area contributed by atoms with Crippen molar-refractivity contribution in [1.82, 2.24) is 10.0 Å². The van der Waals surface area contributed by atoms with E-state index in [0.717, 1.165) is 18.2 Å². The maximum Gasteiger partial charge on any atom is 0.416 e. The van der Waals surface area contributed by atoms with E-state index in [1.54, 1.807) is 26.0 Å². The minimum absolute atomic E-state index is 0.307. The van der Waals surface area contributed by atoms with Crippen LogP contribution in [0.1, 0.15) is 28.4 Å². The largest absolute Gasteiger partial charge is 0.416 e. The third kappa shape index (κ3) is 6.04. The van der Waals surface area contributed by atoms with Crippen LogP contribution in [0.4, 0.5) is 18.9 Å². The maximum absolute atomic E-state index is 12.8. The van der Waals surface area contributed by atoms with Gasteiger partial charge in [-0.25, -0.2) is 13.1 Å². The van der Waals surface area contributed by atoms with E-state index in [1.165, 1.54) is 6.07 Å². The Morgan fingerprint density at radius 3 is 2.40 bits per heavy atom. The number of nitrogens with one attached hydrogen (secondary N) is 3. The second kappa shape index (κ2) is 9.26. The molecule has 0 aliphatic rings. The van der Waals surface area contributed by atoms with Gasteiger partial charge in [-0.15, -0.1) is 0 Å². The maximum atomic E-state index is 12.8. The summed E-state index contributed by atoms with van der Waals surface area (Å²) in [6.45, 7) is 3.16. The summed E-state index contributed by atoms with van der Waals surface area (Å²) in [6.07, 6.45) is -4.70. The Morgan fingerprint density at radius 2 is 1.77 bits per heavy atom. The predicted molar refractivity (Wildman–Crippen MR) is 104 cm³/mol. The molecule has 2 aromatic carbocycles. The molecule has 0 bridgehead atoms. The molecule has 3 N–H and O–H groups in total. The first-order chi connectivity index (χ1) is 13.9. The molecule has 0 unspecified atom stereocenters. The van der Waals surface area contributed by atoms with Gasteiger partial charge >= 0.3 is 6.18 Å². The predicted octanol–water partition coefficient (Wildman–Crippen LogP) is 2.68. The van der Waals surface area contributed by atoms with Gasteiger partial charge in [-0.3, -0.25) is 9.59 Å². The average molecular weight is 443 g/mol. The van der Waals surface area contributed by atoms with Crippen molar-refractivity contribution in [1.29, 1.82) is 0 Å². The Balaban J connectivity index is 2.09. The highest BCUT2D eigenvalue weighted by atomic mass is 32.2. The van der Waals surface area contributed by atoms with E-state index in [0.29, 0.717) is 29.4 Å². The van der Waals surface area contributed by atoms with Crippen molar-refractivity contribution in [2.75, 3.05) is 18.4 Å². The molecule has 162 valence electrons. The van der Waals surface area contributed by atoms with Crippen LogP contribution in [0, 0.1) is 6.92 Å². The van der Waals surface area contributed by atoms with Crippen LogP contribution in [-0.4, -0.2) is 33.3 Å². The van der Waals surface area contributed by atoms with Gasteiger partial charge in [0.05, 0.1) is 17.0 Å². The monoisotopic (exact) mass is 443 g/mol. The Kier molecular flexibility index (Phi) is 7.21. The van der Waals surface area contributed by atoms with Gasteiger partial charge in [0.1, 0.15) is 0 Å². The SMILES string of the molecule is CCNC(=O)c1ccc(C)c(NC(=O)CNS(=O)(=O)c2cccc(C(F)(F)F)c2)c1. The lowest BCUT2D eigenvalue weighted by molar-refractivity contribution is -0.137. The number of sulfonamides is 1. The third-order valence-electron chi connectivity index (χ3n) is 4.01. The lowest BCUT2D eigenvalue weighted by Crippen LogP contribution is -2.33. The molecule has 30 heavy (non-hydrogen) atoms. The normalized spacial score (nSPS) is 11.8. The molecule has 0 saturated heterocycles. The first kappa shape index (κ1) is 23.4. The van der Waals surface area contributed by atoms with Gasteiger partial charge in [-0.2, -0.15) is 13.2 Å². The van der Waals surface area contributed by atoms with E-state index < -0.39 is 39.1 Å². The molecule has 0 atom stereocenters. The Hall–Kier alpha value is -2.92. The van der Waals surface area contributed by atoms with Gasteiger partial charge in [0.25, 0.3) is 5.91 Å². The number of carbonyl (C=O) groups is 2. The van der Waals surface area contributed by atoms with Crippen molar-refractivity contribution in [3.63, 3.8) is 0 Å². The van der Waals surface area contributed by atoms with Crippen molar-refractivity contribution < 1.29 is 31.2 Å². The molecule has 0 fully saturated rings. The Bertz CT molecular complexity index is 1050. The number of benzene rings is 2. The fraction of sp³-hybridized carbons (Fsp3) is 0.263. The average Bonchev–Trinajstić information content (AvgIpc) is 2.68. The number of carbonyl (C=O) groups excluding carboxylic acids is 2. The fourth-order valence-corrected chi connectivity index (χ4v) is 3.47. The summed E-state index contributed by atoms with van der Waals surface area (Å²) in [5, 5.41) is 5.10. The summed E-state index contributed by atoms with van der Waals surface area (Å²) < 4.78 is 64.8. The van der Waals surface area contributed by atoms with E-state index in [1.807, 2.05) is 4.72 Å². The van der Waals surface area contributed by atoms with Crippen molar-refractivity contribution in [2.45, 2.75) is 24.9 Å². The Morgan fingerprint density at radius 1 is 1.07 bits per heavy atom. The summed E-state index contributed by atoms with van der Waals surface area (Å²) in [6, 6.07) is 7.83. The van der Waals surface area contributed by atoms with Crippen molar-refractivity contribution >= 4 is 27.5 Å². The van der Waals surface area contributed by atoms with Crippen molar-refractivity contribution in [2.24, 2.45) is 0 Å². The molecule has 0 aliphatic heterocycles. The van der Waals surface area contributed by atoms with Gasteiger partial charge in [-0.1, -0.05) is 12.1 Å². The summed E-state index contributed by atoms with van der Waals surface area (Å²) in [4.78, 5) is 23.5. The minimum Gasteiger partial charge on any atom is -0.352 e. The zero-order valence-electron chi connectivity index (χ0n) is 16.1. The molecule has 0 heterocycles. The topological polar surface area (TPSA) is 104 Å². The van der Waals surface area contributed by atoms with Crippen molar-refractivity contribution in [3.05, 3.63) is 59.2 Å². The third-order valence-corrected chi connectivity index (χ3v) is 5.40. The molecule has 11 heteroatoms. The summed E-state index contributed by atoms with van der Waals surface area (Å²) in [5.74, 6) is -1.08. The van der Waals surface area contributed by atoms with E-state index in [4.69, 9.17) is 0 Å². The second-order valence-electron chi connectivity index (χ2n) is 6.29. The quantitative estimate of drug-likeness (QED) is 0.612. The van der Waals surface area contributed by atoms with Crippen LogP contribution in [0.3, 0.4) is 0 Å².